The average Bonchev–Trinajstić information content (AvgIpc) is 3.38. The lowest BCUT2D eigenvalue weighted by molar-refractivity contribution is 0.774. The van der Waals surface area contributed by atoms with Gasteiger partial charge in [0.1, 0.15) is 5.52 Å². The molecule has 0 spiro atoms. The minimum atomic E-state index is -0.315. The molecule has 0 radical (unpaired) electrons. The van der Waals surface area contributed by atoms with Gasteiger partial charge in [-0.05, 0) is 42.1 Å². The van der Waals surface area contributed by atoms with E-state index in [9.17, 15) is 4.79 Å². The molecule has 6 rings (SSSR count). The molecule has 176 valence electrons. The van der Waals surface area contributed by atoms with Crippen molar-refractivity contribution in [2.75, 3.05) is 11.1 Å². The monoisotopic (exact) mass is 474 g/mol. The SMILES string of the molecule is C[C@@H](Nc1nc(N)nc2nc[nH]c12)c1cc2cccc(-c3cccnc3)c2c(=O)n1-c1ccccc1. The van der Waals surface area contributed by atoms with Gasteiger partial charge < -0.3 is 16.0 Å². The van der Waals surface area contributed by atoms with Crippen molar-refractivity contribution in [2.45, 2.75) is 13.0 Å². The fourth-order valence-electron chi connectivity index (χ4n) is 4.54. The first-order valence-electron chi connectivity index (χ1n) is 11.5. The minimum absolute atomic E-state index is 0.115. The summed E-state index contributed by atoms with van der Waals surface area (Å²) < 4.78 is 1.74. The van der Waals surface area contributed by atoms with E-state index in [4.69, 9.17) is 5.73 Å². The summed E-state index contributed by atoms with van der Waals surface area (Å²) in [7, 11) is 0. The number of pyridine rings is 2. The lowest BCUT2D eigenvalue weighted by Gasteiger charge is -2.22. The lowest BCUT2D eigenvalue weighted by Crippen LogP contribution is -2.26. The number of hydrogen-bond acceptors (Lipinski definition) is 7. The first-order chi connectivity index (χ1) is 17.6. The maximum Gasteiger partial charge on any atom is 0.263 e. The molecule has 0 unspecified atom stereocenters. The number of imidazole rings is 1. The highest BCUT2D eigenvalue weighted by Gasteiger charge is 2.20. The number of fused-ring (bicyclic) bond motifs is 2. The normalized spacial score (nSPS) is 12.1. The predicted octanol–water partition coefficient (Wildman–Crippen LogP) is 4.47. The molecule has 0 saturated heterocycles. The van der Waals surface area contributed by atoms with Crippen molar-refractivity contribution in [3.8, 4) is 16.8 Å². The molecule has 9 heteroatoms. The van der Waals surface area contributed by atoms with Gasteiger partial charge in [0.05, 0.1) is 17.8 Å². The first kappa shape index (κ1) is 21.5. The van der Waals surface area contributed by atoms with Gasteiger partial charge in [0.15, 0.2) is 11.5 Å². The van der Waals surface area contributed by atoms with Crippen molar-refractivity contribution in [3.05, 3.63) is 101 Å². The molecule has 0 fully saturated rings. The van der Waals surface area contributed by atoms with Crippen LogP contribution in [0.25, 0.3) is 38.8 Å². The fourth-order valence-corrected chi connectivity index (χ4v) is 4.54. The van der Waals surface area contributed by atoms with Crippen LogP contribution in [0.1, 0.15) is 18.7 Å². The van der Waals surface area contributed by atoms with Gasteiger partial charge in [0, 0.05) is 29.3 Å². The van der Waals surface area contributed by atoms with Crippen LogP contribution in [0.5, 0.6) is 0 Å². The van der Waals surface area contributed by atoms with Crippen molar-refractivity contribution < 1.29 is 0 Å². The van der Waals surface area contributed by atoms with Crippen LogP contribution in [0.2, 0.25) is 0 Å². The van der Waals surface area contributed by atoms with Gasteiger partial charge in [-0.25, -0.2) is 4.98 Å². The largest absolute Gasteiger partial charge is 0.368 e. The molecular weight excluding hydrogens is 452 g/mol. The number of nitrogens with two attached hydrogens (primary N) is 1. The summed E-state index contributed by atoms with van der Waals surface area (Å²) >= 11 is 0. The maximum absolute atomic E-state index is 14.2. The molecule has 0 saturated carbocycles. The van der Waals surface area contributed by atoms with E-state index in [-0.39, 0.29) is 17.5 Å². The van der Waals surface area contributed by atoms with Crippen LogP contribution in [0.15, 0.2) is 90.2 Å². The van der Waals surface area contributed by atoms with Crippen LogP contribution < -0.4 is 16.6 Å². The molecular formula is C27H22N8O. The number of para-hydroxylation sites is 1. The quantitative estimate of drug-likeness (QED) is 0.336. The number of aromatic amines is 1. The number of aromatic nitrogens is 6. The Hall–Kier alpha value is -5.05. The van der Waals surface area contributed by atoms with E-state index in [1.165, 1.54) is 0 Å². The third-order valence-corrected chi connectivity index (χ3v) is 6.16. The van der Waals surface area contributed by atoms with Crippen LogP contribution >= 0.6 is 0 Å². The zero-order valence-electron chi connectivity index (χ0n) is 19.4. The Morgan fingerprint density at radius 2 is 1.89 bits per heavy atom. The van der Waals surface area contributed by atoms with Crippen LogP contribution in [0, 0.1) is 0 Å². The van der Waals surface area contributed by atoms with Crippen LogP contribution in [-0.4, -0.2) is 29.5 Å². The topological polar surface area (TPSA) is 127 Å². The third-order valence-electron chi connectivity index (χ3n) is 6.16. The van der Waals surface area contributed by atoms with E-state index in [0.717, 1.165) is 27.9 Å². The average molecular weight is 475 g/mol. The highest BCUT2D eigenvalue weighted by molar-refractivity contribution is 5.96. The Bertz CT molecular complexity index is 1760. The van der Waals surface area contributed by atoms with E-state index >= 15 is 0 Å². The Morgan fingerprint density at radius 3 is 2.69 bits per heavy atom. The summed E-state index contributed by atoms with van der Waals surface area (Å²) in [6.45, 7) is 1.98. The van der Waals surface area contributed by atoms with E-state index < -0.39 is 0 Å². The van der Waals surface area contributed by atoms with Crippen LogP contribution in [0.4, 0.5) is 11.8 Å². The molecule has 1 atom stereocenters. The van der Waals surface area contributed by atoms with Gasteiger partial charge in [0.25, 0.3) is 5.56 Å². The molecule has 0 amide bonds. The highest BCUT2D eigenvalue weighted by Crippen LogP contribution is 2.30. The molecule has 4 aromatic heterocycles. The molecule has 9 nitrogen and oxygen atoms in total. The molecule has 0 bridgehead atoms. The minimum Gasteiger partial charge on any atom is -0.368 e. The zero-order chi connectivity index (χ0) is 24.6. The smallest absolute Gasteiger partial charge is 0.263 e. The van der Waals surface area contributed by atoms with E-state index in [2.05, 4.69) is 30.2 Å². The number of rotatable bonds is 5. The lowest BCUT2D eigenvalue weighted by atomic mass is 9.99. The zero-order valence-corrected chi connectivity index (χ0v) is 19.4. The number of nitrogen functional groups attached to an aromatic ring is 1. The summed E-state index contributed by atoms with van der Waals surface area (Å²) in [6, 6.07) is 21.0. The number of anilines is 2. The molecule has 0 aliphatic heterocycles. The molecule has 0 aliphatic rings. The number of H-pyrrole nitrogens is 1. The standard InChI is InChI=1S/C27H22N8O/c1-16(32-25-23-24(31-15-30-23)33-27(28)34-25)21-13-17-7-5-11-20(18-8-6-12-29-14-18)22(17)26(36)35(21)19-9-3-2-4-10-19/h2-16H,1H3,(H4,28,30,31,32,33,34)/t16-/m1/s1. The van der Waals surface area contributed by atoms with Gasteiger partial charge >= 0.3 is 0 Å². The van der Waals surface area contributed by atoms with Gasteiger partial charge in [-0.1, -0.05) is 42.5 Å². The molecule has 4 heterocycles. The van der Waals surface area contributed by atoms with Gasteiger partial charge in [-0.2, -0.15) is 9.97 Å². The number of nitrogens with one attached hydrogen (secondary N) is 2. The summed E-state index contributed by atoms with van der Waals surface area (Å²) in [5.41, 5.74) is 10.2. The van der Waals surface area contributed by atoms with E-state index in [1.54, 1.807) is 23.3 Å². The number of benzene rings is 2. The Morgan fingerprint density at radius 1 is 1.03 bits per heavy atom. The second-order valence-corrected chi connectivity index (χ2v) is 8.45. The molecule has 4 N–H and O–H groups in total. The highest BCUT2D eigenvalue weighted by atomic mass is 16.1. The first-order valence-corrected chi connectivity index (χ1v) is 11.5. The summed E-state index contributed by atoms with van der Waals surface area (Å²) in [5, 5.41) is 4.88. The maximum atomic E-state index is 14.2. The summed E-state index contributed by atoms with van der Waals surface area (Å²) in [5.74, 6) is 0.628. The van der Waals surface area contributed by atoms with Crippen LogP contribution in [0.3, 0.4) is 0 Å². The van der Waals surface area contributed by atoms with Gasteiger partial charge in [-0.3, -0.25) is 14.3 Å². The van der Waals surface area contributed by atoms with Crippen molar-refractivity contribution in [1.29, 1.82) is 0 Å². The second kappa shape index (κ2) is 8.62. The van der Waals surface area contributed by atoms with Crippen LogP contribution in [-0.2, 0) is 0 Å². The number of nitrogens with zero attached hydrogens (tertiary/aromatic N) is 5. The number of hydrogen-bond donors (Lipinski definition) is 3. The van der Waals surface area contributed by atoms with Crippen molar-refractivity contribution in [2.24, 2.45) is 0 Å². The predicted molar refractivity (Wildman–Crippen MR) is 141 cm³/mol. The van der Waals surface area contributed by atoms with E-state index in [0.29, 0.717) is 22.4 Å². The third kappa shape index (κ3) is 3.63. The summed E-state index contributed by atoms with van der Waals surface area (Å²) in [4.78, 5) is 34.2. The second-order valence-electron chi connectivity index (χ2n) is 8.45. The van der Waals surface area contributed by atoms with Gasteiger partial charge in [0.2, 0.25) is 5.95 Å². The molecule has 36 heavy (non-hydrogen) atoms. The summed E-state index contributed by atoms with van der Waals surface area (Å²) in [6.07, 6.45) is 5.04. The Kier molecular flexibility index (Phi) is 5.15. The Balaban J connectivity index is 1.58. The molecule has 6 aromatic rings. The van der Waals surface area contributed by atoms with Gasteiger partial charge in [-0.15, -0.1) is 0 Å². The molecule has 0 aliphatic carbocycles. The van der Waals surface area contributed by atoms with Crippen molar-refractivity contribution in [3.63, 3.8) is 0 Å². The molecule has 2 aromatic carbocycles. The Labute approximate surface area is 205 Å². The van der Waals surface area contributed by atoms with Crippen molar-refractivity contribution >= 4 is 33.7 Å². The van der Waals surface area contributed by atoms with Crippen molar-refractivity contribution in [1.82, 2.24) is 29.5 Å². The fraction of sp³-hybridized carbons (Fsp3) is 0.0741. The van der Waals surface area contributed by atoms with E-state index in [1.807, 2.05) is 73.7 Å².